The van der Waals surface area contributed by atoms with Crippen LogP contribution in [-0.2, 0) is 0 Å². The molecule has 72 valence electrons. The lowest BCUT2D eigenvalue weighted by Crippen LogP contribution is -1.91. The van der Waals surface area contributed by atoms with Gasteiger partial charge in [-0.1, -0.05) is 29.2 Å². The van der Waals surface area contributed by atoms with Gasteiger partial charge in [0, 0.05) is 6.20 Å². The molecule has 0 aliphatic heterocycles. The molecule has 0 aromatic carbocycles. The molecule has 0 saturated heterocycles. The van der Waals surface area contributed by atoms with Crippen molar-refractivity contribution in [3.05, 3.63) is 24.4 Å². The van der Waals surface area contributed by atoms with Crippen molar-refractivity contribution in [3.63, 3.8) is 0 Å². The zero-order valence-electron chi connectivity index (χ0n) is 7.47. The van der Waals surface area contributed by atoms with E-state index in [1.165, 1.54) is 11.3 Å². The number of aromatic nitrogens is 3. The summed E-state index contributed by atoms with van der Waals surface area (Å²) < 4.78 is 0.948. The Balaban J connectivity index is 2.11. The highest BCUT2D eigenvalue weighted by atomic mass is 32.2. The van der Waals surface area contributed by atoms with E-state index in [4.69, 9.17) is 0 Å². The highest BCUT2D eigenvalue weighted by Gasteiger charge is 2.02. The maximum Gasteiger partial charge on any atom is 0.212 e. The van der Waals surface area contributed by atoms with Gasteiger partial charge in [0.15, 0.2) is 4.34 Å². The Morgan fingerprint density at radius 2 is 2.29 bits per heavy atom. The SMILES string of the molecule is CSc1nnc(Nc2ccccn2)s1. The van der Waals surface area contributed by atoms with Crippen LogP contribution in [0, 0.1) is 0 Å². The van der Waals surface area contributed by atoms with Gasteiger partial charge in [-0.3, -0.25) is 0 Å². The van der Waals surface area contributed by atoms with Crippen LogP contribution in [0.1, 0.15) is 0 Å². The first-order valence-corrected chi connectivity index (χ1v) is 5.98. The average molecular weight is 224 g/mol. The minimum Gasteiger partial charge on any atom is -0.315 e. The molecule has 0 fully saturated rings. The zero-order valence-corrected chi connectivity index (χ0v) is 9.10. The van der Waals surface area contributed by atoms with E-state index >= 15 is 0 Å². The summed E-state index contributed by atoms with van der Waals surface area (Å²) in [5.41, 5.74) is 0. The summed E-state index contributed by atoms with van der Waals surface area (Å²) in [4.78, 5) is 4.13. The Kier molecular flexibility index (Phi) is 2.95. The molecular formula is C8H8N4S2. The number of hydrogen-bond donors (Lipinski definition) is 1. The average Bonchev–Trinajstić information content (AvgIpc) is 2.67. The summed E-state index contributed by atoms with van der Waals surface area (Å²) in [7, 11) is 0. The van der Waals surface area contributed by atoms with E-state index in [0.717, 1.165) is 15.3 Å². The number of thioether (sulfide) groups is 1. The Morgan fingerprint density at radius 1 is 1.36 bits per heavy atom. The molecule has 0 spiro atoms. The zero-order chi connectivity index (χ0) is 9.80. The van der Waals surface area contributed by atoms with E-state index in [-0.39, 0.29) is 0 Å². The van der Waals surface area contributed by atoms with Gasteiger partial charge in [0.05, 0.1) is 0 Å². The number of hydrogen-bond acceptors (Lipinski definition) is 6. The summed E-state index contributed by atoms with van der Waals surface area (Å²) >= 11 is 3.10. The molecule has 2 rings (SSSR count). The summed E-state index contributed by atoms with van der Waals surface area (Å²) in [6.07, 6.45) is 3.71. The van der Waals surface area contributed by atoms with Gasteiger partial charge in [0.25, 0.3) is 0 Å². The molecule has 0 saturated carbocycles. The largest absolute Gasteiger partial charge is 0.315 e. The molecule has 0 aliphatic rings. The van der Waals surface area contributed by atoms with Crippen molar-refractivity contribution in [2.45, 2.75) is 4.34 Å². The normalized spacial score (nSPS) is 10.1. The second-order valence-electron chi connectivity index (χ2n) is 2.42. The lowest BCUT2D eigenvalue weighted by molar-refractivity contribution is 1.01. The Labute approximate surface area is 89.8 Å². The minimum absolute atomic E-state index is 0.771. The molecular weight excluding hydrogens is 216 g/mol. The van der Waals surface area contributed by atoms with Crippen molar-refractivity contribution < 1.29 is 0 Å². The summed E-state index contributed by atoms with van der Waals surface area (Å²) in [6.45, 7) is 0. The summed E-state index contributed by atoms with van der Waals surface area (Å²) in [5.74, 6) is 0.788. The summed E-state index contributed by atoms with van der Waals surface area (Å²) in [6, 6.07) is 5.69. The van der Waals surface area contributed by atoms with Crippen LogP contribution in [0.5, 0.6) is 0 Å². The van der Waals surface area contributed by atoms with Crippen molar-refractivity contribution >= 4 is 34.0 Å². The fourth-order valence-electron chi connectivity index (χ4n) is 0.889. The molecule has 0 amide bonds. The molecule has 4 nitrogen and oxygen atoms in total. The maximum absolute atomic E-state index is 4.13. The smallest absolute Gasteiger partial charge is 0.212 e. The molecule has 1 N–H and O–H groups in total. The van der Waals surface area contributed by atoms with Gasteiger partial charge in [0.2, 0.25) is 5.13 Å². The predicted octanol–water partition coefficient (Wildman–Crippen LogP) is 2.40. The molecule has 0 atom stereocenters. The van der Waals surface area contributed by atoms with Crippen LogP contribution in [0.15, 0.2) is 28.7 Å². The quantitative estimate of drug-likeness (QED) is 0.811. The van der Waals surface area contributed by atoms with Crippen molar-refractivity contribution in [3.8, 4) is 0 Å². The van der Waals surface area contributed by atoms with E-state index < -0.39 is 0 Å². The van der Waals surface area contributed by atoms with Crippen LogP contribution in [0.2, 0.25) is 0 Å². The van der Waals surface area contributed by atoms with Crippen molar-refractivity contribution in [2.24, 2.45) is 0 Å². The number of pyridine rings is 1. The fourth-order valence-corrected chi connectivity index (χ4v) is 2.07. The molecule has 2 aromatic heterocycles. The standard InChI is InChI=1S/C8H8N4S2/c1-13-8-12-11-7(14-8)10-6-4-2-3-5-9-6/h2-5H,1H3,(H,9,10,11). The van der Waals surface area contributed by atoms with Crippen molar-refractivity contribution in [1.29, 1.82) is 0 Å². The van der Waals surface area contributed by atoms with E-state index in [1.807, 2.05) is 24.5 Å². The van der Waals surface area contributed by atoms with Crippen molar-refractivity contribution in [2.75, 3.05) is 11.6 Å². The highest BCUT2D eigenvalue weighted by Crippen LogP contribution is 2.24. The third kappa shape index (κ3) is 2.21. The van der Waals surface area contributed by atoms with E-state index in [9.17, 15) is 0 Å². The van der Waals surface area contributed by atoms with Crippen LogP contribution in [0.25, 0.3) is 0 Å². The topological polar surface area (TPSA) is 50.7 Å². The third-order valence-corrected chi connectivity index (χ3v) is 3.30. The first kappa shape index (κ1) is 9.42. The Bertz CT molecular complexity index is 401. The van der Waals surface area contributed by atoms with Gasteiger partial charge in [-0.15, -0.1) is 10.2 Å². The fraction of sp³-hybridized carbons (Fsp3) is 0.125. The molecule has 0 bridgehead atoms. The van der Waals surface area contributed by atoms with Crippen molar-refractivity contribution in [1.82, 2.24) is 15.2 Å². The van der Waals surface area contributed by atoms with Gasteiger partial charge in [-0.05, 0) is 18.4 Å². The van der Waals surface area contributed by atoms with Crippen LogP contribution in [0.3, 0.4) is 0 Å². The van der Waals surface area contributed by atoms with E-state index in [2.05, 4.69) is 20.5 Å². The van der Waals surface area contributed by atoms with E-state index in [0.29, 0.717) is 0 Å². The molecule has 14 heavy (non-hydrogen) atoms. The molecule has 0 radical (unpaired) electrons. The number of rotatable bonds is 3. The first-order valence-electron chi connectivity index (χ1n) is 3.94. The molecule has 2 heterocycles. The number of nitrogens with one attached hydrogen (secondary N) is 1. The van der Waals surface area contributed by atoms with Gasteiger partial charge in [-0.25, -0.2) is 4.98 Å². The number of anilines is 2. The summed E-state index contributed by atoms with van der Waals surface area (Å²) in [5, 5.41) is 11.8. The van der Waals surface area contributed by atoms with Crippen LogP contribution in [-0.4, -0.2) is 21.4 Å². The lowest BCUT2D eigenvalue weighted by Gasteiger charge is -1.97. The predicted molar refractivity (Wildman–Crippen MR) is 59.2 cm³/mol. The highest BCUT2D eigenvalue weighted by molar-refractivity contribution is 8.00. The Hall–Kier alpha value is -1.14. The second kappa shape index (κ2) is 4.39. The lowest BCUT2D eigenvalue weighted by atomic mass is 10.5. The number of nitrogens with zero attached hydrogens (tertiary/aromatic N) is 3. The molecule has 0 aliphatic carbocycles. The van der Waals surface area contributed by atoms with Crippen LogP contribution < -0.4 is 5.32 Å². The first-order chi connectivity index (χ1) is 6.88. The Morgan fingerprint density at radius 3 is 2.93 bits per heavy atom. The van der Waals surface area contributed by atoms with E-state index in [1.54, 1.807) is 18.0 Å². The minimum atomic E-state index is 0.771. The van der Waals surface area contributed by atoms with Gasteiger partial charge in [0.1, 0.15) is 5.82 Å². The molecule has 2 aromatic rings. The maximum atomic E-state index is 4.13. The molecule has 6 heteroatoms. The van der Waals surface area contributed by atoms with Gasteiger partial charge in [-0.2, -0.15) is 0 Å². The van der Waals surface area contributed by atoms with Crippen LogP contribution in [0.4, 0.5) is 10.9 Å². The van der Waals surface area contributed by atoms with Crippen LogP contribution >= 0.6 is 23.1 Å². The monoisotopic (exact) mass is 224 g/mol. The second-order valence-corrected chi connectivity index (χ2v) is 4.45. The van der Waals surface area contributed by atoms with Gasteiger partial charge >= 0.3 is 0 Å². The molecule has 0 unspecified atom stereocenters. The third-order valence-electron chi connectivity index (χ3n) is 1.48. The van der Waals surface area contributed by atoms with Gasteiger partial charge < -0.3 is 5.32 Å².